The Labute approximate surface area is 182 Å². The van der Waals surface area contributed by atoms with Gasteiger partial charge in [-0.1, -0.05) is 6.07 Å². The second-order valence-electron chi connectivity index (χ2n) is 7.01. The Morgan fingerprint density at radius 2 is 1.91 bits per heavy atom. The molecular weight excluding hydrogens is 440 g/mol. The number of amides is 1. The Morgan fingerprint density at radius 3 is 2.59 bits per heavy atom. The molecule has 1 aliphatic heterocycles. The zero-order valence-electron chi connectivity index (χ0n) is 16.8. The van der Waals surface area contributed by atoms with Crippen LogP contribution in [0.2, 0.25) is 0 Å². The molecule has 1 aliphatic rings. The van der Waals surface area contributed by atoms with E-state index in [1.807, 2.05) is 0 Å². The average molecular weight is 458 g/mol. The lowest BCUT2D eigenvalue weighted by Crippen LogP contribution is -2.22. The van der Waals surface area contributed by atoms with E-state index in [-0.39, 0.29) is 29.6 Å². The Kier molecular flexibility index (Phi) is 5.53. The third-order valence-corrected chi connectivity index (χ3v) is 6.20. The number of carbonyl (C=O) groups excluding carboxylic acids is 1. The molecule has 32 heavy (non-hydrogen) atoms. The van der Waals surface area contributed by atoms with Crippen molar-refractivity contribution in [3.05, 3.63) is 69.9 Å². The number of carbonyl (C=O) groups is 1. The first-order valence-electron chi connectivity index (χ1n) is 9.38. The molecule has 0 saturated carbocycles. The van der Waals surface area contributed by atoms with Gasteiger partial charge in [0.1, 0.15) is 17.3 Å². The largest absolute Gasteiger partial charge is 0.497 e. The van der Waals surface area contributed by atoms with Crippen molar-refractivity contribution in [2.24, 2.45) is 0 Å². The van der Waals surface area contributed by atoms with Crippen LogP contribution in [0.25, 0.3) is 5.69 Å². The molecule has 0 radical (unpaired) electrons. The minimum Gasteiger partial charge on any atom is -0.497 e. The smallest absolute Gasteiger partial charge is 0.269 e. The van der Waals surface area contributed by atoms with Gasteiger partial charge in [0, 0.05) is 23.8 Å². The van der Waals surface area contributed by atoms with Crippen molar-refractivity contribution in [3.8, 4) is 17.2 Å². The number of methoxy groups -OCH3 is 1. The molecule has 12 heteroatoms. The van der Waals surface area contributed by atoms with E-state index in [0.717, 1.165) is 0 Å². The third kappa shape index (κ3) is 4.39. The second kappa shape index (κ2) is 8.30. The molecule has 0 fully saturated rings. The molecule has 3 aromatic rings. The zero-order valence-corrected chi connectivity index (χ0v) is 17.7. The summed E-state index contributed by atoms with van der Waals surface area (Å²) >= 11 is 0. The molecule has 0 aliphatic carbocycles. The molecule has 166 valence electrons. The highest BCUT2D eigenvalue weighted by Gasteiger charge is 2.33. The van der Waals surface area contributed by atoms with Crippen LogP contribution in [-0.4, -0.2) is 42.7 Å². The number of nitro benzene ring substituents is 1. The first-order valence-corrected chi connectivity index (χ1v) is 11.2. The molecular formula is C20H18N4O7S. The van der Waals surface area contributed by atoms with E-state index in [2.05, 4.69) is 10.4 Å². The maximum absolute atomic E-state index is 12.6. The summed E-state index contributed by atoms with van der Waals surface area (Å²) < 4.78 is 36.1. The lowest BCUT2D eigenvalue weighted by molar-refractivity contribution is -0.384. The van der Waals surface area contributed by atoms with Crippen LogP contribution in [0.1, 0.15) is 11.3 Å². The summed E-state index contributed by atoms with van der Waals surface area (Å²) in [4.78, 5) is 23.0. The highest BCUT2D eigenvalue weighted by molar-refractivity contribution is 7.90. The number of non-ortho nitro benzene ring substituents is 1. The summed E-state index contributed by atoms with van der Waals surface area (Å²) in [7, 11) is -1.85. The molecule has 0 spiro atoms. The van der Waals surface area contributed by atoms with E-state index in [0.29, 0.717) is 28.4 Å². The van der Waals surface area contributed by atoms with Crippen molar-refractivity contribution >= 4 is 27.2 Å². The molecule has 0 atom stereocenters. The molecule has 4 rings (SSSR count). The van der Waals surface area contributed by atoms with E-state index < -0.39 is 20.7 Å². The van der Waals surface area contributed by atoms with Crippen molar-refractivity contribution in [1.29, 1.82) is 0 Å². The topological polar surface area (TPSA) is 143 Å². The zero-order chi connectivity index (χ0) is 22.9. The number of nitrogens with one attached hydrogen (secondary N) is 1. The fourth-order valence-electron chi connectivity index (χ4n) is 3.28. The highest BCUT2D eigenvalue weighted by Crippen LogP contribution is 2.33. The van der Waals surface area contributed by atoms with Crippen molar-refractivity contribution in [2.45, 2.75) is 11.5 Å². The molecule has 2 aromatic carbocycles. The lowest BCUT2D eigenvalue weighted by atomic mass is 10.2. The fraction of sp³-hybridized carbons (Fsp3) is 0.200. The standard InChI is InChI=1S/C20H18N4O7S/c1-30-15-3-2-4-16(9-15)31-10-19(25)21-20-17-11-32(28,29)12-18(17)22-23(20)13-5-7-14(8-6-13)24(26)27/h2-9H,10-12H2,1H3,(H,21,25). The average Bonchev–Trinajstić information content (AvgIpc) is 3.24. The minimum absolute atomic E-state index is 0.103. The van der Waals surface area contributed by atoms with Crippen molar-refractivity contribution in [1.82, 2.24) is 9.78 Å². The normalized spacial score (nSPS) is 13.9. The predicted octanol–water partition coefficient (Wildman–Crippen LogP) is 2.24. The summed E-state index contributed by atoms with van der Waals surface area (Å²) in [6.07, 6.45) is 0. The van der Waals surface area contributed by atoms with E-state index in [1.54, 1.807) is 24.3 Å². The molecule has 2 heterocycles. The summed E-state index contributed by atoms with van der Waals surface area (Å²) in [6.45, 7) is -0.333. The van der Waals surface area contributed by atoms with Crippen LogP contribution in [-0.2, 0) is 26.1 Å². The number of nitro groups is 1. The van der Waals surface area contributed by atoms with Gasteiger partial charge in [-0.3, -0.25) is 14.9 Å². The van der Waals surface area contributed by atoms with Gasteiger partial charge in [-0.15, -0.1) is 0 Å². The van der Waals surface area contributed by atoms with E-state index in [4.69, 9.17) is 9.47 Å². The number of fused-ring (bicyclic) bond motifs is 1. The van der Waals surface area contributed by atoms with Gasteiger partial charge in [0.25, 0.3) is 11.6 Å². The van der Waals surface area contributed by atoms with Crippen LogP contribution in [0.4, 0.5) is 11.5 Å². The van der Waals surface area contributed by atoms with Gasteiger partial charge in [0.05, 0.1) is 34.9 Å². The molecule has 1 amide bonds. The summed E-state index contributed by atoms with van der Waals surface area (Å²) in [6, 6.07) is 12.3. The minimum atomic E-state index is -3.36. The summed E-state index contributed by atoms with van der Waals surface area (Å²) in [5, 5.41) is 17.9. The summed E-state index contributed by atoms with van der Waals surface area (Å²) in [5.41, 5.74) is 1.05. The summed E-state index contributed by atoms with van der Waals surface area (Å²) in [5.74, 6) is 0.156. The highest BCUT2D eigenvalue weighted by atomic mass is 32.2. The number of nitrogens with zero attached hydrogens (tertiary/aromatic N) is 3. The van der Waals surface area contributed by atoms with Crippen molar-refractivity contribution < 1.29 is 27.6 Å². The molecule has 0 unspecified atom stereocenters. The Balaban J connectivity index is 1.59. The lowest BCUT2D eigenvalue weighted by Gasteiger charge is -2.12. The van der Waals surface area contributed by atoms with Crippen LogP contribution in [0.5, 0.6) is 11.5 Å². The van der Waals surface area contributed by atoms with Gasteiger partial charge in [0.15, 0.2) is 16.4 Å². The van der Waals surface area contributed by atoms with E-state index >= 15 is 0 Å². The number of rotatable bonds is 7. The van der Waals surface area contributed by atoms with Crippen molar-refractivity contribution in [2.75, 3.05) is 19.0 Å². The third-order valence-electron chi connectivity index (χ3n) is 4.76. The number of aromatic nitrogens is 2. The number of anilines is 1. The number of sulfone groups is 1. The Morgan fingerprint density at radius 1 is 1.19 bits per heavy atom. The van der Waals surface area contributed by atoms with E-state index in [1.165, 1.54) is 36.1 Å². The quantitative estimate of drug-likeness (QED) is 0.419. The first-order chi connectivity index (χ1) is 15.3. The second-order valence-corrected chi connectivity index (χ2v) is 9.07. The van der Waals surface area contributed by atoms with Crippen molar-refractivity contribution in [3.63, 3.8) is 0 Å². The molecule has 1 aromatic heterocycles. The van der Waals surface area contributed by atoms with Gasteiger partial charge in [0.2, 0.25) is 0 Å². The van der Waals surface area contributed by atoms with Gasteiger partial charge in [-0.25, -0.2) is 13.1 Å². The van der Waals surface area contributed by atoms with E-state index in [9.17, 15) is 23.3 Å². The molecule has 0 bridgehead atoms. The molecule has 1 N–H and O–H groups in total. The van der Waals surface area contributed by atoms with Gasteiger partial charge < -0.3 is 14.8 Å². The van der Waals surface area contributed by atoms with Gasteiger partial charge in [-0.2, -0.15) is 5.10 Å². The van der Waals surface area contributed by atoms with Crippen LogP contribution in [0, 0.1) is 10.1 Å². The van der Waals surface area contributed by atoms with Crippen LogP contribution in [0.15, 0.2) is 48.5 Å². The first kappa shape index (κ1) is 21.3. The monoisotopic (exact) mass is 458 g/mol. The molecule has 11 nitrogen and oxygen atoms in total. The number of ether oxygens (including phenoxy) is 2. The van der Waals surface area contributed by atoms with Crippen LogP contribution < -0.4 is 14.8 Å². The maximum atomic E-state index is 12.6. The van der Waals surface area contributed by atoms with Crippen LogP contribution in [0.3, 0.4) is 0 Å². The number of benzene rings is 2. The fourth-order valence-corrected chi connectivity index (χ4v) is 4.78. The maximum Gasteiger partial charge on any atom is 0.269 e. The predicted molar refractivity (Wildman–Crippen MR) is 114 cm³/mol. The Bertz CT molecular complexity index is 1300. The number of hydrogen-bond acceptors (Lipinski definition) is 8. The van der Waals surface area contributed by atoms with Gasteiger partial charge >= 0.3 is 0 Å². The number of hydrogen-bond donors (Lipinski definition) is 1. The Hall–Kier alpha value is -3.93. The van der Waals surface area contributed by atoms with Crippen LogP contribution >= 0.6 is 0 Å². The molecule has 0 saturated heterocycles. The SMILES string of the molecule is COc1cccc(OCC(=O)Nc2c3c(nn2-c2ccc([N+](=O)[O-])cc2)CS(=O)(=O)C3)c1. The van der Waals surface area contributed by atoms with Gasteiger partial charge in [-0.05, 0) is 24.3 Å².